The summed E-state index contributed by atoms with van der Waals surface area (Å²) in [6.07, 6.45) is 8.61. The lowest BCUT2D eigenvalue weighted by Crippen LogP contribution is -2.52. The summed E-state index contributed by atoms with van der Waals surface area (Å²) in [5.74, 6) is 0.802. The molecule has 2 heterocycles. The Labute approximate surface area is 137 Å². The Morgan fingerprint density at radius 2 is 2.00 bits per heavy atom. The molecule has 6 nitrogen and oxygen atoms in total. The van der Waals surface area contributed by atoms with Crippen LogP contribution in [0, 0.1) is 12.3 Å². The van der Waals surface area contributed by atoms with Crippen LogP contribution in [0.1, 0.15) is 43.5 Å². The molecule has 1 spiro atoms. The zero-order valence-electron chi connectivity index (χ0n) is 13.5. The first-order chi connectivity index (χ1) is 10.9. The average molecular weight is 336 g/mol. The van der Waals surface area contributed by atoms with E-state index in [1.807, 2.05) is 19.3 Å². The van der Waals surface area contributed by atoms with E-state index in [1.165, 1.54) is 6.42 Å². The van der Waals surface area contributed by atoms with E-state index in [0.717, 1.165) is 56.7 Å². The van der Waals surface area contributed by atoms with Gasteiger partial charge in [-0.15, -0.1) is 0 Å². The van der Waals surface area contributed by atoms with Crippen molar-refractivity contribution in [2.75, 3.05) is 13.1 Å². The molecule has 7 heteroatoms. The summed E-state index contributed by atoms with van der Waals surface area (Å²) in [6, 6.07) is 0.156. The summed E-state index contributed by atoms with van der Waals surface area (Å²) < 4.78 is 26.9. The number of sulfonamides is 1. The van der Waals surface area contributed by atoms with Crippen LogP contribution < -0.4 is 4.72 Å². The number of likely N-dealkylation sites (tertiary alicyclic amines) is 1. The van der Waals surface area contributed by atoms with Crippen LogP contribution in [0.3, 0.4) is 0 Å². The number of hydrogen-bond donors (Lipinski definition) is 1. The Bertz CT molecular complexity index is 679. The van der Waals surface area contributed by atoms with Gasteiger partial charge in [-0.3, -0.25) is 4.90 Å². The standard InChI is InChI=1S/C16H24N4O2S/c1-12-17-8-13(9-18-12)10-20-5-4-16(11-20)6-14(7-16)19-23(21,22)15-2-3-15/h8-9,14-15,19H,2-7,10-11H2,1H3. The Balaban J connectivity index is 1.29. The van der Waals surface area contributed by atoms with Crippen molar-refractivity contribution >= 4 is 10.0 Å². The molecule has 1 aromatic heterocycles. The lowest BCUT2D eigenvalue weighted by atomic mass is 9.65. The van der Waals surface area contributed by atoms with Gasteiger partial charge in [0, 0.05) is 37.1 Å². The van der Waals surface area contributed by atoms with Gasteiger partial charge in [0.15, 0.2) is 0 Å². The van der Waals surface area contributed by atoms with Crippen molar-refractivity contribution in [1.29, 1.82) is 0 Å². The first-order valence-electron chi connectivity index (χ1n) is 8.45. The maximum absolute atomic E-state index is 12.0. The van der Waals surface area contributed by atoms with E-state index >= 15 is 0 Å². The molecule has 1 aromatic rings. The molecule has 2 aliphatic carbocycles. The van der Waals surface area contributed by atoms with Gasteiger partial charge in [-0.05, 0) is 51.0 Å². The largest absolute Gasteiger partial charge is 0.298 e. The Morgan fingerprint density at radius 1 is 1.30 bits per heavy atom. The monoisotopic (exact) mass is 336 g/mol. The Kier molecular flexibility index (Phi) is 3.70. The molecular formula is C16H24N4O2S. The molecule has 1 saturated heterocycles. The normalized spacial score (nSPS) is 31.4. The quantitative estimate of drug-likeness (QED) is 0.875. The highest BCUT2D eigenvalue weighted by Crippen LogP contribution is 2.49. The molecule has 0 unspecified atom stereocenters. The maximum atomic E-state index is 12.0. The summed E-state index contributed by atoms with van der Waals surface area (Å²) in [4.78, 5) is 10.9. The topological polar surface area (TPSA) is 75.2 Å². The van der Waals surface area contributed by atoms with Crippen molar-refractivity contribution in [3.05, 3.63) is 23.8 Å². The van der Waals surface area contributed by atoms with E-state index in [4.69, 9.17) is 0 Å². The third kappa shape index (κ3) is 3.27. The number of rotatable bonds is 5. The van der Waals surface area contributed by atoms with Crippen molar-refractivity contribution in [1.82, 2.24) is 19.6 Å². The molecule has 23 heavy (non-hydrogen) atoms. The van der Waals surface area contributed by atoms with Crippen molar-refractivity contribution in [2.24, 2.45) is 5.41 Å². The smallest absolute Gasteiger partial charge is 0.214 e. The second-order valence-corrected chi connectivity index (χ2v) is 9.56. The number of hydrogen-bond acceptors (Lipinski definition) is 5. The molecule has 0 amide bonds. The second kappa shape index (κ2) is 5.50. The Morgan fingerprint density at radius 3 is 2.65 bits per heavy atom. The van der Waals surface area contributed by atoms with Gasteiger partial charge in [-0.25, -0.2) is 23.1 Å². The summed E-state index contributed by atoms with van der Waals surface area (Å²) in [7, 11) is -3.04. The zero-order valence-corrected chi connectivity index (χ0v) is 14.3. The Hall–Kier alpha value is -1.05. The molecule has 1 aliphatic heterocycles. The van der Waals surface area contributed by atoms with Crippen LogP contribution in [0.5, 0.6) is 0 Å². The second-order valence-electron chi connectivity index (χ2n) is 7.57. The average Bonchev–Trinajstić information content (AvgIpc) is 3.24. The van der Waals surface area contributed by atoms with Crippen LogP contribution in [0.15, 0.2) is 12.4 Å². The van der Waals surface area contributed by atoms with E-state index in [9.17, 15) is 8.42 Å². The van der Waals surface area contributed by atoms with E-state index in [2.05, 4.69) is 19.6 Å². The predicted octanol–water partition coefficient (Wildman–Crippen LogP) is 1.22. The van der Waals surface area contributed by atoms with Gasteiger partial charge >= 0.3 is 0 Å². The number of aryl methyl sites for hydroxylation is 1. The number of nitrogens with zero attached hydrogens (tertiary/aromatic N) is 3. The van der Waals surface area contributed by atoms with E-state index < -0.39 is 10.0 Å². The fourth-order valence-corrected chi connectivity index (χ4v) is 5.61. The molecule has 0 aromatic carbocycles. The van der Waals surface area contributed by atoms with Crippen LogP contribution in [0.4, 0.5) is 0 Å². The molecule has 126 valence electrons. The van der Waals surface area contributed by atoms with E-state index in [0.29, 0.717) is 5.41 Å². The maximum Gasteiger partial charge on any atom is 0.214 e. The molecule has 0 bridgehead atoms. The van der Waals surface area contributed by atoms with Gasteiger partial charge in [0.05, 0.1) is 5.25 Å². The van der Waals surface area contributed by atoms with Gasteiger partial charge in [0.1, 0.15) is 5.82 Å². The fraction of sp³-hybridized carbons (Fsp3) is 0.750. The first kappa shape index (κ1) is 15.5. The van der Waals surface area contributed by atoms with Gasteiger partial charge in [0.2, 0.25) is 10.0 Å². The minimum absolute atomic E-state index is 0.110. The molecule has 3 aliphatic rings. The number of aromatic nitrogens is 2. The van der Waals surface area contributed by atoms with Crippen molar-refractivity contribution < 1.29 is 8.42 Å². The SMILES string of the molecule is Cc1ncc(CN2CCC3(CC(NS(=O)(=O)C4CC4)C3)C2)cn1. The summed E-state index contributed by atoms with van der Waals surface area (Å²) in [6.45, 7) is 4.92. The van der Waals surface area contributed by atoms with Crippen LogP contribution in [-0.4, -0.2) is 47.7 Å². The third-order valence-corrected chi connectivity index (χ3v) is 7.42. The minimum Gasteiger partial charge on any atom is -0.298 e. The molecular weight excluding hydrogens is 312 g/mol. The molecule has 4 rings (SSSR count). The molecule has 0 atom stereocenters. The predicted molar refractivity (Wildman–Crippen MR) is 87.2 cm³/mol. The highest BCUT2D eigenvalue weighted by atomic mass is 32.2. The van der Waals surface area contributed by atoms with Crippen molar-refractivity contribution in [3.8, 4) is 0 Å². The van der Waals surface area contributed by atoms with E-state index in [1.54, 1.807) is 0 Å². The highest BCUT2D eigenvalue weighted by molar-refractivity contribution is 7.90. The molecule has 1 N–H and O–H groups in total. The first-order valence-corrected chi connectivity index (χ1v) is 10.00. The van der Waals surface area contributed by atoms with Crippen LogP contribution in [-0.2, 0) is 16.6 Å². The summed E-state index contributed by atoms with van der Waals surface area (Å²) >= 11 is 0. The molecule has 3 fully saturated rings. The highest BCUT2D eigenvalue weighted by Gasteiger charge is 2.50. The van der Waals surface area contributed by atoms with Crippen molar-refractivity contribution in [3.63, 3.8) is 0 Å². The fourth-order valence-electron chi connectivity index (χ4n) is 4.03. The minimum atomic E-state index is -3.04. The summed E-state index contributed by atoms with van der Waals surface area (Å²) in [5, 5.41) is -0.110. The lowest BCUT2D eigenvalue weighted by molar-refractivity contribution is 0.101. The molecule has 2 saturated carbocycles. The number of nitrogens with one attached hydrogen (secondary N) is 1. The zero-order chi connectivity index (χ0) is 16.1. The lowest BCUT2D eigenvalue weighted by Gasteiger charge is -2.45. The van der Waals surface area contributed by atoms with Gasteiger partial charge in [0.25, 0.3) is 0 Å². The van der Waals surface area contributed by atoms with Gasteiger partial charge in [-0.2, -0.15) is 0 Å². The van der Waals surface area contributed by atoms with Crippen LogP contribution in [0.25, 0.3) is 0 Å². The van der Waals surface area contributed by atoms with E-state index in [-0.39, 0.29) is 11.3 Å². The third-order valence-electron chi connectivity index (χ3n) is 5.41. The van der Waals surface area contributed by atoms with Crippen molar-refractivity contribution in [2.45, 2.75) is 56.9 Å². The molecule has 0 radical (unpaired) electrons. The summed E-state index contributed by atoms with van der Waals surface area (Å²) in [5.41, 5.74) is 1.47. The van der Waals surface area contributed by atoms with Crippen LogP contribution in [0.2, 0.25) is 0 Å². The van der Waals surface area contributed by atoms with Gasteiger partial charge < -0.3 is 0 Å². The van der Waals surface area contributed by atoms with Gasteiger partial charge in [-0.1, -0.05) is 0 Å². The van der Waals surface area contributed by atoms with Crippen LogP contribution >= 0.6 is 0 Å².